The fourth-order valence-corrected chi connectivity index (χ4v) is 4.51. The predicted octanol–water partition coefficient (Wildman–Crippen LogP) is 2.21. The summed E-state index contributed by atoms with van der Waals surface area (Å²) >= 11 is 5.48. The molecule has 5 N–H and O–H groups in total. The van der Waals surface area contributed by atoms with Gasteiger partial charge in [-0.05, 0) is 37.6 Å². The number of nitrogens with zero attached hydrogens (tertiary/aromatic N) is 4. The third-order valence-electron chi connectivity index (χ3n) is 6.12. The fraction of sp³-hybridized carbons (Fsp3) is 0.455. The first-order valence-corrected chi connectivity index (χ1v) is 11.4. The van der Waals surface area contributed by atoms with Gasteiger partial charge in [-0.25, -0.2) is 9.97 Å². The zero-order valence-electron chi connectivity index (χ0n) is 19.1. The van der Waals surface area contributed by atoms with Crippen LogP contribution in [0.3, 0.4) is 0 Å². The molecule has 0 bridgehead atoms. The first-order chi connectivity index (χ1) is 16.9. The molecule has 1 aromatic rings. The third-order valence-corrected chi connectivity index (χ3v) is 6.23. The third kappa shape index (κ3) is 6.25. The highest BCUT2D eigenvalue weighted by atomic mass is 35.5. The SMILES string of the molecule is C=C(Cl)/C=C(\C=C\NC1CCCN([C@H]2CN(c3ncnc(N)c3F)CC[C@@H]2C(N)=O)C1=O)C(F)(F)F. The smallest absolute Gasteiger partial charge is 0.381 e. The predicted molar refractivity (Wildman–Crippen MR) is 126 cm³/mol. The van der Waals surface area contributed by atoms with Crippen molar-refractivity contribution in [2.45, 2.75) is 37.5 Å². The summed E-state index contributed by atoms with van der Waals surface area (Å²) in [6.45, 7) is 3.85. The molecular formula is C22H26ClF4N7O2. The molecule has 0 radical (unpaired) electrons. The molecule has 3 rings (SSSR count). The summed E-state index contributed by atoms with van der Waals surface area (Å²) in [4.78, 5) is 36.0. The number of nitrogens with two attached hydrogens (primary N) is 2. The molecule has 196 valence electrons. The summed E-state index contributed by atoms with van der Waals surface area (Å²) in [6, 6.07) is -1.53. The van der Waals surface area contributed by atoms with Crippen LogP contribution in [0.25, 0.3) is 0 Å². The number of hydrogen-bond donors (Lipinski definition) is 3. The van der Waals surface area contributed by atoms with E-state index >= 15 is 0 Å². The molecule has 2 amide bonds. The van der Waals surface area contributed by atoms with Gasteiger partial charge in [0.05, 0.1) is 17.5 Å². The standard InChI is InChI=1S/C22H26ClF4N7O2/c1-12(23)9-13(22(25,26)27)4-6-30-15-3-2-7-34(21(15)36)16-10-33(8-5-14(16)19(29)35)20-17(24)18(28)31-11-32-20/h4,6,9,11,14-16,30H,1-3,5,7-8,10H2,(H2,29,35)(H2,28,31,32)/b6-4+,13-9+/t14-,15?,16-/m0/s1. The van der Waals surface area contributed by atoms with Gasteiger partial charge in [0.2, 0.25) is 17.6 Å². The van der Waals surface area contributed by atoms with E-state index in [2.05, 4.69) is 21.9 Å². The lowest BCUT2D eigenvalue weighted by Crippen LogP contribution is -2.62. The molecule has 2 aliphatic rings. The molecule has 14 heteroatoms. The summed E-state index contributed by atoms with van der Waals surface area (Å²) in [5, 5.41) is 2.41. The number of carbonyl (C=O) groups is 2. The van der Waals surface area contributed by atoms with Gasteiger partial charge >= 0.3 is 6.18 Å². The Morgan fingerprint density at radius 3 is 2.64 bits per heavy atom. The quantitative estimate of drug-likeness (QED) is 0.363. The van der Waals surface area contributed by atoms with Crippen molar-refractivity contribution < 1.29 is 27.2 Å². The van der Waals surface area contributed by atoms with Crippen molar-refractivity contribution >= 4 is 35.1 Å². The number of primary amides is 1. The molecule has 2 saturated heterocycles. The van der Waals surface area contributed by atoms with Crippen LogP contribution in [0.1, 0.15) is 19.3 Å². The Hall–Kier alpha value is -3.35. The Balaban J connectivity index is 1.79. The Morgan fingerprint density at radius 1 is 1.28 bits per heavy atom. The van der Waals surface area contributed by atoms with Crippen molar-refractivity contribution in [1.29, 1.82) is 0 Å². The zero-order chi connectivity index (χ0) is 26.6. The van der Waals surface area contributed by atoms with Gasteiger partial charge in [-0.15, -0.1) is 0 Å². The number of alkyl halides is 3. The minimum Gasteiger partial charge on any atom is -0.381 e. The van der Waals surface area contributed by atoms with Gasteiger partial charge < -0.3 is 26.6 Å². The molecule has 1 unspecified atom stereocenters. The molecule has 0 saturated carbocycles. The van der Waals surface area contributed by atoms with Crippen molar-refractivity contribution in [1.82, 2.24) is 20.2 Å². The summed E-state index contributed by atoms with van der Waals surface area (Å²) in [7, 11) is 0. The van der Waals surface area contributed by atoms with E-state index in [-0.39, 0.29) is 36.2 Å². The number of aromatic nitrogens is 2. The van der Waals surface area contributed by atoms with Crippen molar-refractivity contribution in [2.75, 3.05) is 30.3 Å². The Kier molecular flexibility index (Phi) is 8.43. The molecule has 0 aromatic carbocycles. The minimum atomic E-state index is -4.67. The normalized spacial score (nSPS) is 23.8. The van der Waals surface area contributed by atoms with Crippen LogP contribution in [-0.4, -0.2) is 64.6 Å². The number of allylic oxidation sites excluding steroid dienone is 4. The Morgan fingerprint density at radius 2 is 2.00 bits per heavy atom. The van der Waals surface area contributed by atoms with E-state index in [0.717, 1.165) is 18.6 Å². The number of rotatable bonds is 7. The lowest BCUT2D eigenvalue weighted by molar-refractivity contribution is -0.141. The molecule has 36 heavy (non-hydrogen) atoms. The van der Waals surface area contributed by atoms with Gasteiger partial charge in [-0.1, -0.05) is 18.2 Å². The maximum atomic E-state index is 14.5. The second-order valence-electron chi connectivity index (χ2n) is 8.48. The van der Waals surface area contributed by atoms with E-state index < -0.39 is 47.4 Å². The number of hydrogen-bond acceptors (Lipinski definition) is 7. The van der Waals surface area contributed by atoms with Crippen LogP contribution < -0.4 is 21.7 Å². The molecule has 2 fully saturated rings. The maximum Gasteiger partial charge on any atom is 0.416 e. The van der Waals surface area contributed by atoms with Crippen LogP contribution in [0, 0.1) is 11.7 Å². The van der Waals surface area contributed by atoms with E-state index in [1.54, 1.807) is 4.90 Å². The second-order valence-corrected chi connectivity index (χ2v) is 8.96. The van der Waals surface area contributed by atoms with E-state index in [1.807, 2.05) is 0 Å². The van der Waals surface area contributed by atoms with Crippen molar-refractivity contribution in [3.05, 3.63) is 47.7 Å². The van der Waals surface area contributed by atoms with E-state index in [0.29, 0.717) is 25.5 Å². The molecule has 3 atom stereocenters. The number of anilines is 2. The van der Waals surface area contributed by atoms with Gasteiger partial charge in [0.1, 0.15) is 12.4 Å². The second kappa shape index (κ2) is 11.1. The number of nitrogens with one attached hydrogen (secondary N) is 1. The van der Waals surface area contributed by atoms with Gasteiger partial charge in [0, 0.05) is 24.7 Å². The van der Waals surface area contributed by atoms with Crippen LogP contribution >= 0.6 is 11.6 Å². The topological polar surface area (TPSA) is 130 Å². The average molecular weight is 532 g/mol. The molecule has 9 nitrogen and oxygen atoms in total. The van der Waals surface area contributed by atoms with E-state index in [4.69, 9.17) is 23.1 Å². The number of amides is 2. The number of carbonyl (C=O) groups excluding carboxylic acids is 2. The largest absolute Gasteiger partial charge is 0.416 e. The van der Waals surface area contributed by atoms with Gasteiger partial charge in [-0.2, -0.15) is 17.6 Å². The minimum absolute atomic E-state index is 0.0511. The summed E-state index contributed by atoms with van der Waals surface area (Å²) < 4.78 is 54.0. The van der Waals surface area contributed by atoms with Gasteiger partial charge in [-0.3, -0.25) is 9.59 Å². The maximum absolute atomic E-state index is 14.5. The first kappa shape index (κ1) is 27.2. The van der Waals surface area contributed by atoms with E-state index in [1.165, 1.54) is 4.90 Å². The van der Waals surface area contributed by atoms with Crippen molar-refractivity contribution in [3.63, 3.8) is 0 Å². The summed E-state index contributed by atoms with van der Waals surface area (Å²) in [5.74, 6) is -2.90. The number of nitrogen functional groups attached to an aromatic ring is 1. The summed E-state index contributed by atoms with van der Waals surface area (Å²) in [5.41, 5.74) is 10.1. The Labute approximate surface area is 209 Å². The molecule has 0 spiro atoms. The molecule has 2 aliphatic heterocycles. The van der Waals surface area contributed by atoms with Gasteiger partial charge in [0.15, 0.2) is 11.6 Å². The van der Waals surface area contributed by atoms with Crippen molar-refractivity contribution in [2.24, 2.45) is 11.7 Å². The Bertz CT molecular complexity index is 1080. The zero-order valence-corrected chi connectivity index (χ0v) is 19.9. The average Bonchev–Trinajstić information content (AvgIpc) is 2.80. The fourth-order valence-electron chi connectivity index (χ4n) is 4.40. The van der Waals surface area contributed by atoms with E-state index in [9.17, 15) is 27.2 Å². The lowest BCUT2D eigenvalue weighted by Gasteiger charge is -2.46. The van der Waals surface area contributed by atoms with Crippen LogP contribution in [0.4, 0.5) is 29.2 Å². The van der Waals surface area contributed by atoms with Gasteiger partial charge in [0.25, 0.3) is 0 Å². The number of likely N-dealkylation sites (tertiary alicyclic amines) is 1. The lowest BCUT2D eigenvalue weighted by atomic mass is 9.87. The molecule has 1 aromatic heterocycles. The highest BCUT2D eigenvalue weighted by Gasteiger charge is 2.42. The molecule has 0 aliphatic carbocycles. The van der Waals surface area contributed by atoms with Crippen LogP contribution in [0.15, 0.2) is 41.9 Å². The van der Waals surface area contributed by atoms with Crippen LogP contribution in [0.2, 0.25) is 0 Å². The highest BCUT2D eigenvalue weighted by Crippen LogP contribution is 2.31. The number of halogens is 5. The van der Waals surface area contributed by atoms with Crippen molar-refractivity contribution in [3.8, 4) is 0 Å². The first-order valence-electron chi connectivity index (χ1n) is 11.1. The highest BCUT2D eigenvalue weighted by molar-refractivity contribution is 6.30. The van der Waals surface area contributed by atoms with Crippen LogP contribution in [-0.2, 0) is 9.59 Å². The number of piperidine rings is 2. The monoisotopic (exact) mass is 531 g/mol. The van der Waals surface area contributed by atoms with Crippen LogP contribution in [0.5, 0.6) is 0 Å². The molecule has 3 heterocycles. The molecular weight excluding hydrogens is 506 g/mol. The summed E-state index contributed by atoms with van der Waals surface area (Å²) in [6.07, 6.45) is 0.0355.